The molecule has 2 rings (SSSR count). The van der Waals surface area contributed by atoms with E-state index in [0.717, 1.165) is 14.5 Å². The van der Waals surface area contributed by atoms with Gasteiger partial charge in [-0.1, -0.05) is 43.1 Å². The Morgan fingerprint density at radius 2 is 2.12 bits per heavy atom. The molecule has 2 aromatic rings. The molecule has 0 radical (unpaired) electrons. The quantitative estimate of drug-likeness (QED) is 0.872. The Kier molecular flexibility index (Phi) is 3.69. The second-order valence-corrected chi connectivity index (χ2v) is 5.18. The second-order valence-electron chi connectivity index (χ2n) is 3.07. The van der Waals surface area contributed by atoms with Gasteiger partial charge in [0.15, 0.2) is 0 Å². The highest BCUT2D eigenvalue weighted by molar-refractivity contribution is 9.11. The summed E-state index contributed by atoms with van der Waals surface area (Å²) < 4.78 is 6.65. The van der Waals surface area contributed by atoms with Gasteiger partial charge in [0, 0.05) is 14.5 Å². The number of aliphatic hydroxyl groups excluding tert-OH is 1. The van der Waals surface area contributed by atoms with Crippen molar-refractivity contribution in [1.82, 2.24) is 5.16 Å². The van der Waals surface area contributed by atoms with Crippen LogP contribution < -0.4 is 0 Å². The smallest absolute Gasteiger partial charge is 0.232 e. The zero-order chi connectivity index (χ0) is 11.7. The molecule has 0 aliphatic heterocycles. The lowest BCUT2D eigenvalue weighted by Gasteiger charge is -2.02. The molecule has 16 heavy (non-hydrogen) atoms. The molecule has 0 aliphatic carbocycles. The normalized spacial score (nSPS) is 10.8. The van der Waals surface area contributed by atoms with Gasteiger partial charge in [-0.15, -0.1) is 0 Å². The summed E-state index contributed by atoms with van der Waals surface area (Å²) in [6.45, 7) is -0.208. The third-order valence-electron chi connectivity index (χ3n) is 2.08. The first-order chi connectivity index (χ1) is 7.63. The van der Waals surface area contributed by atoms with E-state index in [4.69, 9.17) is 16.1 Å². The number of hydrogen-bond donors (Lipinski definition) is 1. The minimum atomic E-state index is -0.208. The van der Waals surface area contributed by atoms with Gasteiger partial charge in [0.05, 0.1) is 12.2 Å². The van der Waals surface area contributed by atoms with E-state index in [2.05, 4.69) is 37.0 Å². The van der Waals surface area contributed by atoms with Gasteiger partial charge in [0.25, 0.3) is 0 Å². The summed E-state index contributed by atoms with van der Waals surface area (Å²) in [6, 6.07) is 5.63. The lowest BCUT2D eigenvalue weighted by Crippen LogP contribution is -1.88. The highest BCUT2D eigenvalue weighted by Crippen LogP contribution is 2.34. The molecule has 0 fully saturated rings. The minimum absolute atomic E-state index is 0.118. The summed E-state index contributed by atoms with van der Waals surface area (Å²) in [6.07, 6.45) is 0. The molecule has 84 valence electrons. The average Bonchev–Trinajstić information content (AvgIpc) is 2.59. The van der Waals surface area contributed by atoms with Gasteiger partial charge < -0.3 is 9.63 Å². The molecule has 3 nitrogen and oxygen atoms in total. The van der Waals surface area contributed by atoms with Crippen molar-refractivity contribution in [3.8, 4) is 11.3 Å². The van der Waals surface area contributed by atoms with E-state index < -0.39 is 0 Å². The maximum Gasteiger partial charge on any atom is 0.232 e. The van der Waals surface area contributed by atoms with Crippen LogP contribution in [0.15, 0.2) is 31.7 Å². The molecular formula is C10H6Br2ClNO2. The van der Waals surface area contributed by atoms with Gasteiger partial charge in [-0.3, -0.25) is 0 Å². The van der Waals surface area contributed by atoms with Gasteiger partial charge in [-0.2, -0.15) is 0 Å². The number of halogens is 3. The van der Waals surface area contributed by atoms with Crippen LogP contribution in [0.5, 0.6) is 0 Å². The van der Waals surface area contributed by atoms with Crippen molar-refractivity contribution < 1.29 is 9.63 Å². The third-order valence-corrected chi connectivity index (χ3v) is 3.53. The zero-order valence-corrected chi connectivity index (χ0v) is 11.8. The average molecular weight is 367 g/mol. The fourth-order valence-electron chi connectivity index (χ4n) is 1.32. The number of aromatic nitrogens is 1. The van der Waals surface area contributed by atoms with E-state index in [0.29, 0.717) is 11.3 Å². The van der Waals surface area contributed by atoms with E-state index in [-0.39, 0.29) is 11.8 Å². The SMILES string of the molecule is OCc1c(-c2ccc(Br)cc2Br)noc1Cl. The molecule has 1 heterocycles. The fourth-order valence-corrected chi connectivity index (χ4v) is 2.74. The van der Waals surface area contributed by atoms with Crippen LogP contribution in [-0.2, 0) is 6.61 Å². The molecule has 1 aromatic heterocycles. The largest absolute Gasteiger partial charge is 0.391 e. The summed E-state index contributed by atoms with van der Waals surface area (Å²) >= 11 is 12.5. The Bertz CT molecular complexity index is 528. The first-order valence-corrected chi connectivity index (χ1v) is 6.30. The topological polar surface area (TPSA) is 46.3 Å². The van der Waals surface area contributed by atoms with Crippen LogP contribution in [0.4, 0.5) is 0 Å². The Balaban J connectivity index is 2.58. The Morgan fingerprint density at radius 1 is 1.38 bits per heavy atom. The molecular weight excluding hydrogens is 361 g/mol. The monoisotopic (exact) mass is 365 g/mol. The summed E-state index contributed by atoms with van der Waals surface area (Å²) in [5.41, 5.74) is 1.86. The fraction of sp³-hybridized carbons (Fsp3) is 0.100. The molecule has 6 heteroatoms. The van der Waals surface area contributed by atoms with Crippen LogP contribution >= 0.6 is 43.5 Å². The Hall–Kier alpha value is -0.360. The van der Waals surface area contributed by atoms with Crippen molar-refractivity contribution in [2.24, 2.45) is 0 Å². The first-order valence-electron chi connectivity index (χ1n) is 4.34. The highest BCUT2D eigenvalue weighted by atomic mass is 79.9. The van der Waals surface area contributed by atoms with E-state index >= 15 is 0 Å². The molecule has 0 saturated heterocycles. The molecule has 0 spiro atoms. The van der Waals surface area contributed by atoms with Crippen molar-refractivity contribution >= 4 is 43.5 Å². The van der Waals surface area contributed by atoms with Crippen molar-refractivity contribution in [2.45, 2.75) is 6.61 Å². The molecule has 1 N–H and O–H groups in total. The van der Waals surface area contributed by atoms with Crippen LogP contribution in [0.2, 0.25) is 5.22 Å². The van der Waals surface area contributed by atoms with Crippen LogP contribution in [-0.4, -0.2) is 10.3 Å². The van der Waals surface area contributed by atoms with E-state index in [1.54, 1.807) is 0 Å². The van der Waals surface area contributed by atoms with E-state index in [1.165, 1.54) is 0 Å². The van der Waals surface area contributed by atoms with Gasteiger partial charge in [0.2, 0.25) is 5.22 Å². The van der Waals surface area contributed by atoms with Crippen molar-refractivity contribution in [3.05, 3.63) is 37.9 Å². The minimum Gasteiger partial charge on any atom is -0.391 e. The van der Waals surface area contributed by atoms with Crippen LogP contribution in [0, 0.1) is 0 Å². The number of hydrogen-bond acceptors (Lipinski definition) is 3. The van der Waals surface area contributed by atoms with Gasteiger partial charge in [0.1, 0.15) is 5.69 Å². The Labute approximate surface area is 114 Å². The maximum atomic E-state index is 9.19. The highest BCUT2D eigenvalue weighted by Gasteiger charge is 2.17. The lowest BCUT2D eigenvalue weighted by molar-refractivity contribution is 0.281. The summed E-state index contributed by atoms with van der Waals surface area (Å²) in [4.78, 5) is 0. The lowest BCUT2D eigenvalue weighted by atomic mass is 10.1. The predicted octanol–water partition coefficient (Wildman–Crippen LogP) is 4.01. The van der Waals surface area contributed by atoms with Crippen molar-refractivity contribution in [3.63, 3.8) is 0 Å². The third kappa shape index (κ3) is 2.18. The molecule has 1 aromatic carbocycles. The maximum absolute atomic E-state index is 9.19. The number of rotatable bonds is 2. The van der Waals surface area contributed by atoms with Crippen LogP contribution in [0.3, 0.4) is 0 Å². The van der Waals surface area contributed by atoms with E-state index in [1.807, 2.05) is 18.2 Å². The summed E-state index contributed by atoms with van der Waals surface area (Å²) in [5, 5.41) is 13.1. The van der Waals surface area contributed by atoms with Gasteiger partial charge in [-0.05, 0) is 23.7 Å². The van der Waals surface area contributed by atoms with Crippen LogP contribution in [0.1, 0.15) is 5.56 Å². The standard InChI is InChI=1S/C10H6Br2ClNO2/c11-5-1-2-6(8(12)3-5)9-7(4-15)10(13)16-14-9/h1-3,15H,4H2. The summed E-state index contributed by atoms with van der Waals surface area (Å²) in [5.74, 6) is 0. The Morgan fingerprint density at radius 3 is 2.75 bits per heavy atom. The molecule has 0 unspecified atom stereocenters. The summed E-state index contributed by atoms with van der Waals surface area (Å²) in [7, 11) is 0. The van der Waals surface area contributed by atoms with E-state index in [9.17, 15) is 5.11 Å². The van der Waals surface area contributed by atoms with Crippen LogP contribution in [0.25, 0.3) is 11.3 Å². The van der Waals surface area contributed by atoms with Crippen molar-refractivity contribution in [2.75, 3.05) is 0 Å². The number of benzene rings is 1. The molecule has 0 amide bonds. The van der Waals surface area contributed by atoms with Crippen molar-refractivity contribution in [1.29, 1.82) is 0 Å². The van der Waals surface area contributed by atoms with Gasteiger partial charge >= 0.3 is 0 Å². The predicted molar refractivity (Wildman–Crippen MR) is 68.3 cm³/mol. The molecule has 0 atom stereocenters. The first kappa shape index (κ1) is 12.1. The molecule has 0 bridgehead atoms. The second kappa shape index (κ2) is 4.87. The zero-order valence-electron chi connectivity index (χ0n) is 7.88. The molecule has 0 aliphatic rings. The van der Waals surface area contributed by atoms with Gasteiger partial charge in [-0.25, -0.2) is 0 Å². The molecule has 0 saturated carbocycles. The number of aliphatic hydroxyl groups is 1. The number of nitrogens with zero attached hydrogens (tertiary/aromatic N) is 1.